The molecule has 2 aromatic heterocycles. The first-order valence-corrected chi connectivity index (χ1v) is 8.31. The van der Waals surface area contributed by atoms with Gasteiger partial charge >= 0.3 is 0 Å². The quantitative estimate of drug-likeness (QED) is 0.747. The summed E-state index contributed by atoms with van der Waals surface area (Å²) in [7, 11) is 0. The molecule has 0 saturated heterocycles. The number of hydrogen-bond donors (Lipinski definition) is 1. The van der Waals surface area contributed by atoms with Crippen LogP contribution in [0.5, 0.6) is 0 Å². The normalized spacial score (nSPS) is 10.6. The molecule has 0 bridgehead atoms. The lowest BCUT2D eigenvalue weighted by molar-refractivity contribution is -0.121. The second-order valence-corrected chi connectivity index (χ2v) is 6.02. The van der Waals surface area contributed by atoms with E-state index in [1.54, 1.807) is 12.4 Å². The van der Waals surface area contributed by atoms with Gasteiger partial charge in [0.25, 0.3) is 0 Å². The number of nitrogens with zero attached hydrogens (tertiary/aromatic N) is 2. The number of pyridine rings is 1. The van der Waals surface area contributed by atoms with Crippen LogP contribution in [0.4, 0.5) is 0 Å². The molecule has 1 amide bonds. The molecule has 0 unspecified atom stereocenters. The van der Waals surface area contributed by atoms with E-state index >= 15 is 0 Å². The summed E-state index contributed by atoms with van der Waals surface area (Å²) in [6.07, 6.45) is 4.23. The second kappa shape index (κ2) is 7.75. The van der Waals surface area contributed by atoms with Gasteiger partial charge in [-0.3, -0.25) is 9.78 Å². The lowest BCUT2D eigenvalue weighted by Crippen LogP contribution is -2.23. The van der Waals surface area contributed by atoms with Crippen molar-refractivity contribution < 1.29 is 9.21 Å². The molecule has 0 atom stereocenters. The highest BCUT2D eigenvalue weighted by Gasteiger charge is 2.09. The van der Waals surface area contributed by atoms with E-state index in [0.29, 0.717) is 25.3 Å². The van der Waals surface area contributed by atoms with Crippen LogP contribution >= 0.6 is 0 Å². The fourth-order valence-corrected chi connectivity index (χ4v) is 2.45. The van der Waals surface area contributed by atoms with Crippen molar-refractivity contribution in [1.29, 1.82) is 0 Å². The van der Waals surface area contributed by atoms with E-state index in [1.807, 2.05) is 24.3 Å². The molecule has 0 aliphatic carbocycles. The molecular weight excluding hydrogens is 314 g/mol. The molecule has 1 N–H and O–H groups in total. The van der Waals surface area contributed by atoms with E-state index < -0.39 is 0 Å². The summed E-state index contributed by atoms with van der Waals surface area (Å²) < 4.78 is 5.77. The maximum atomic E-state index is 11.9. The van der Waals surface area contributed by atoms with Crippen LogP contribution in [-0.2, 0) is 17.8 Å². The Labute approximate surface area is 147 Å². The molecule has 5 nitrogen and oxygen atoms in total. The zero-order chi connectivity index (χ0) is 17.6. The van der Waals surface area contributed by atoms with E-state index in [9.17, 15) is 4.79 Å². The Balaban J connectivity index is 1.53. The van der Waals surface area contributed by atoms with Crippen LogP contribution in [0.2, 0.25) is 0 Å². The maximum Gasteiger partial charge on any atom is 0.220 e. The highest BCUT2D eigenvalue weighted by molar-refractivity contribution is 5.76. The Morgan fingerprint density at radius 3 is 2.76 bits per heavy atom. The topological polar surface area (TPSA) is 68.0 Å². The number of amides is 1. The summed E-state index contributed by atoms with van der Waals surface area (Å²) in [6.45, 7) is 4.58. The van der Waals surface area contributed by atoms with Gasteiger partial charge in [-0.15, -0.1) is 0 Å². The van der Waals surface area contributed by atoms with Gasteiger partial charge in [-0.2, -0.15) is 0 Å². The van der Waals surface area contributed by atoms with Crippen LogP contribution < -0.4 is 5.32 Å². The number of rotatable bonds is 6. The van der Waals surface area contributed by atoms with E-state index in [0.717, 1.165) is 17.0 Å². The molecule has 25 heavy (non-hydrogen) atoms. The predicted octanol–water partition coefficient (Wildman–Crippen LogP) is 3.60. The molecule has 0 saturated carbocycles. The molecule has 2 heterocycles. The monoisotopic (exact) mass is 335 g/mol. The predicted molar refractivity (Wildman–Crippen MR) is 95.8 cm³/mol. The fraction of sp³-hybridized carbons (Fsp3) is 0.250. The molecule has 3 rings (SSSR count). The third kappa shape index (κ3) is 4.53. The first-order valence-electron chi connectivity index (χ1n) is 8.31. The first-order chi connectivity index (χ1) is 12.1. The summed E-state index contributed by atoms with van der Waals surface area (Å²) in [4.78, 5) is 20.4. The molecule has 0 aliphatic heterocycles. The number of nitrogens with one attached hydrogen (secondary N) is 1. The van der Waals surface area contributed by atoms with Crippen molar-refractivity contribution in [1.82, 2.24) is 15.3 Å². The van der Waals surface area contributed by atoms with Crippen LogP contribution in [0.15, 0.2) is 53.2 Å². The summed E-state index contributed by atoms with van der Waals surface area (Å²) >= 11 is 0. The molecule has 1 aromatic carbocycles. The molecule has 0 aliphatic rings. The Kier molecular flexibility index (Phi) is 5.23. The smallest absolute Gasteiger partial charge is 0.220 e. The third-order valence-electron chi connectivity index (χ3n) is 4.10. The summed E-state index contributed by atoms with van der Waals surface area (Å²) in [5.41, 5.74) is 4.29. The molecule has 128 valence electrons. The maximum absolute atomic E-state index is 11.9. The van der Waals surface area contributed by atoms with Crippen molar-refractivity contribution in [2.24, 2.45) is 0 Å². The minimum atomic E-state index is -0.0448. The minimum absolute atomic E-state index is 0.0448. The van der Waals surface area contributed by atoms with Gasteiger partial charge < -0.3 is 9.73 Å². The van der Waals surface area contributed by atoms with Gasteiger partial charge in [-0.05, 0) is 43.2 Å². The van der Waals surface area contributed by atoms with E-state index in [1.165, 1.54) is 11.1 Å². The molecule has 3 aromatic rings. The zero-order valence-electron chi connectivity index (χ0n) is 14.5. The molecular formula is C20H21N3O2. The van der Waals surface area contributed by atoms with Crippen molar-refractivity contribution >= 4 is 5.91 Å². The minimum Gasteiger partial charge on any atom is -0.441 e. The van der Waals surface area contributed by atoms with Gasteiger partial charge in [0.15, 0.2) is 11.7 Å². The van der Waals surface area contributed by atoms with E-state index in [-0.39, 0.29) is 5.91 Å². The van der Waals surface area contributed by atoms with Crippen molar-refractivity contribution in [3.8, 4) is 11.3 Å². The summed E-state index contributed by atoms with van der Waals surface area (Å²) in [5.74, 6) is 1.25. The van der Waals surface area contributed by atoms with Crippen molar-refractivity contribution in [3.05, 3.63) is 71.5 Å². The Morgan fingerprint density at radius 1 is 1.12 bits per heavy atom. The number of carbonyl (C=O) groups is 1. The van der Waals surface area contributed by atoms with Crippen molar-refractivity contribution in [2.75, 3.05) is 0 Å². The highest BCUT2D eigenvalue weighted by atomic mass is 16.4. The van der Waals surface area contributed by atoms with Crippen LogP contribution in [0, 0.1) is 13.8 Å². The van der Waals surface area contributed by atoms with E-state index in [4.69, 9.17) is 4.42 Å². The highest BCUT2D eigenvalue weighted by Crippen LogP contribution is 2.23. The second-order valence-electron chi connectivity index (χ2n) is 6.02. The third-order valence-corrected chi connectivity index (χ3v) is 4.10. The molecule has 0 spiro atoms. The Bertz CT molecular complexity index is 856. The van der Waals surface area contributed by atoms with Crippen LogP contribution in [0.25, 0.3) is 11.3 Å². The average Bonchev–Trinajstić information content (AvgIpc) is 3.10. The van der Waals surface area contributed by atoms with Gasteiger partial charge in [0.1, 0.15) is 0 Å². The number of oxazole rings is 1. The first kappa shape index (κ1) is 16.9. The number of benzene rings is 1. The fourth-order valence-electron chi connectivity index (χ4n) is 2.45. The lowest BCUT2D eigenvalue weighted by Gasteiger charge is -2.03. The van der Waals surface area contributed by atoms with Gasteiger partial charge in [-0.25, -0.2) is 4.98 Å². The van der Waals surface area contributed by atoms with Crippen LogP contribution in [0.1, 0.15) is 29.1 Å². The summed E-state index contributed by atoms with van der Waals surface area (Å²) in [6, 6.07) is 11.8. The number of carbonyl (C=O) groups excluding carboxylic acids is 1. The molecule has 5 heteroatoms. The van der Waals surface area contributed by atoms with Gasteiger partial charge in [-0.1, -0.05) is 18.2 Å². The van der Waals surface area contributed by atoms with Crippen LogP contribution in [-0.4, -0.2) is 15.9 Å². The molecule has 0 radical (unpaired) electrons. The summed E-state index contributed by atoms with van der Waals surface area (Å²) in [5, 5.41) is 2.85. The van der Waals surface area contributed by atoms with Gasteiger partial charge in [0.2, 0.25) is 5.91 Å². The number of aromatic nitrogens is 2. The van der Waals surface area contributed by atoms with Gasteiger partial charge in [0, 0.05) is 24.6 Å². The average molecular weight is 335 g/mol. The number of aryl methyl sites for hydroxylation is 3. The van der Waals surface area contributed by atoms with Crippen molar-refractivity contribution in [3.63, 3.8) is 0 Å². The largest absolute Gasteiger partial charge is 0.441 e. The van der Waals surface area contributed by atoms with Crippen molar-refractivity contribution in [2.45, 2.75) is 33.2 Å². The van der Waals surface area contributed by atoms with Gasteiger partial charge in [0.05, 0.1) is 18.4 Å². The Morgan fingerprint density at radius 2 is 2.00 bits per heavy atom. The molecule has 0 fully saturated rings. The standard InChI is InChI=1S/C20H21N3O2/c1-14-6-7-16(11-15(14)2)18-13-23-20(25-18)9-8-19(24)22-12-17-5-3-4-10-21-17/h3-7,10-11,13H,8-9,12H2,1-2H3,(H,22,24). The SMILES string of the molecule is Cc1ccc(-c2cnc(CCC(=O)NCc3ccccn3)o2)cc1C. The number of hydrogen-bond acceptors (Lipinski definition) is 4. The lowest BCUT2D eigenvalue weighted by atomic mass is 10.1. The van der Waals surface area contributed by atoms with Crippen LogP contribution in [0.3, 0.4) is 0 Å². The zero-order valence-corrected chi connectivity index (χ0v) is 14.5. The Hall–Kier alpha value is -2.95. The van der Waals surface area contributed by atoms with E-state index in [2.05, 4.69) is 41.3 Å².